The van der Waals surface area contributed by atoms with E-state index in [1.54, 1.807) is 11.9 Å². The number of carbonyl (C=O) groups excluding carboxylic acids is 1. The first kappa shape index (κ1) is 13.3. The van der Waals surface area contributed by atoms with Crippen molar-refractivity contribution < 1.29 is 13.2 Å². The van der Waals surface area contributed by atoms with E-state index in [2.05, 4.69) is 5.32 Å². The maximum absolute atomic E-state index is 11.2. The number of carbonyl (C=O) groups is 1. The quantitative estimate of drug-likeness (QED) is 0.527. The summed E-state index contributed by atoms with van der Waals surface area (Å²) in [7, 11) is -1.75. The lowest BCUT2D eigenvalue weighted by atomic mass is 10.5. The van der Waals surface area contributed by atoms with Crippen LogP contribution < -0.4 is 10.5 Å². The first-order valence-corrected chi connectivity index (χ1v) is 6.03. The van der Waals surface area contributed by atoms with Gasteiger partial charge in [0.25, 0.3) is 0 Å². The van der Waals surface area contributed by atoms with E-state index in [9.17, 15) is 13.2 Å². The summed E-state index contributed by atoms with van der Waals surface area (Å²) >= 11 is 0. The molecule has 6 nitrogen and oxygen atoms in total. The fourth-order valence-corrected chi connectivity index (χ4v) is 1.15. The number of hydrogen-bond donors (Lipinski definition) is 2. The first-order valence-electron chi connectivity index (χ1n) is 4.32. The zero-order valence-corrected chi connectivity index (χ0v) is 9.30. The molecule has 0 radical (unpaired) electrons. The molecule has 0 aliphatic rings. The molecule has 7 heteroatoms. The molecule has 0 atom stereocenters. The summed E-state index contributed by atoms with van der Waals surface area (Å²) in [5, 5.41) is 7.48. The Hall–Kier alpha value is -0.660. The SMILES string of the molecule is CCN(C)C(=O)CNCCS(N)(=O)=O. The summed E-state index contributed by atoms with van der Waals surface area (Å²) in [6, 6.07) is 0. The van der Waals surface area contributed by atoms with Crippen LogP contribution in [-0.2, 0) is 14.8 Å². The van der Waals surface area contributed by atoms with Gasteiger partial charge in [0, 0.05) is 20.1 Å². The predicted octanol–water partition coefficient (Wildman–Crippen LogP) is -1.66. The molecule has 0 bridgehead atoms. The van der Waals surface area contributed by atoms with Gasteiger partial charge in [-0.15, -0.1) is 0 Å². The van der Waals surface area contributed by atoms with Gasteiger partial charge in [0.2, 0.25) is 15.9 Å². The number of likely N-dealkylation sites (N-methyl/N-ethyl adjacent to an activating group) is 1. The Bertz CT molecular complexity index is 276. The molecular weight excluding hydrogens is 206 g/mol. The number of primary sulfonamides is 1. The topological polar surface area (TPSA) is 92.5 Å². The molecule has 0 saturated carbocycles. The number of nitrogens with two attached hydrogens (primary N) is 1. The Balaban J connectivity index is 3.61. The molecule has 0 aromatic rings. The highest BCUT2D eigenvalue weighted by Crippen LogP contribution is 1.81. The maximum Gasteiger partial charge on any atom is 0.236 e. The Kier molecular flexibility index (Phi) is 5.66. The van der Waals surface area contributed by atoms with E-state index in [-0.39, 0.29) is 24.7 Å². The minimum atomic E-state index is -3.44. The Labute approximate surface area is 84.5 Å². The van der Waals surface area contributed by atoms with Crippen molar-refractivity contribution in [1.82, 2.24) is 10.2 Å². The number of nitrogens with one attached hydrogen (secondary N) is 1. The second kappa shape index (κ2) is 5.94. The third-order valence-electron chi connectivity index (χ3n) is 1.74. The van der Waals surface area contributed by atoms with Crippen LogP contribution in [-0.4, -0.2) is 51.7 Å². The largest absolute Gasteiger partial charge is 0.345 e. The van der Waals surface area contributed by atoms with E-state index < -0.39 is 10.0 Å². The lowest BCUT2D eigenvalue weighted by molar-refractivity contribution is -0.128. The van der Waals surface area contributed by atoms with Gasteiger partial charge in [-0.3, -0.25) is 4.79 Å². The minimum absolute atomic E-state index is 0.0677. The van der Waals surface area contributed by atoms with Crippen LogP contribution in [0, 0.1) is 0 Å². The number of nitrogens with zero attached hydrogens (tertiary/aromatic N) is 1. The van der Waals surface area contributed by atoms with E-state index >= 15 is 0 Å². The fourth-order valence-electron chi connectivity index (χ4n) is 0.721. The van der Waals surface area contributed by atoms with Crippen molar-refractivity contribution in [3.05, 3.63) is 0 Å². The zero-order chi connectivity index (χ0) is 11.2. The lowest BCUT2D eigenvalue weighted by Gasteiger charge is -2.14. The molecule has 0 rings (SSSR count). The van der Waals surface area contributed by atoms with Crippen molar-refractivity contribution >= 4 is 15.9 Å². The van der Waals surface area contributed by atoms with Crippen LogP contribution in [0.15, 0.2) is 0 Å². The number of rotatable bonds is 6. The van der Waals surface area contributed by atoms with Crippen molar-refractivity contribution in [3.8, 4) is 0 Å². The Morgan fingerprint density at radius 3 is 2.50 bits per heavy atom. The van der Waals surface area contributed by atoms with Crippen LogP contribution in [0.25, 0.3) is 0 Å². The van der Waals surface area contributed by atoms with Crippen LogP contribution in [0.3, 0.4) is 0 Å². The molecule has 1 amide bonds. The van der Waals surface area contributed by atoms with Gasteiger partial charge in [-0.2, -0.15) is 0 Å². The molecule has 0 fully saturated rings. The average molecular weight is 223 g/mol. The van der Waals surface area contributed by atoms with Gasteiger partial charge in [0.05, 0.1) is 12.3 Å². The molecule has 0 unspecified atom stereocenters. The second-order valence-corrected chi connectivity index (χ2v) is 4.69. The summed E-state index contributed by atoms with van der Waals surface area (Å²) in [5.74, 6) is -0.224. The average Bonchev–Trinajstić information content (AvgIpc) is 2.09. The van der Waals surface area contributed by atoms with Gasteiger partial charge < -0.3 is 10.2 Å². The molecule has 0 aromatic carbocycles. The summed E-state index contributed by atoms with van der Waals surface area (Å²) < 4.78 is 21.0. The standard InChI is InChI=1S/C7H17N3O3S/c1-3-10(2)7(11)6-9-4-5-14(8,12)13/h9H,3-6H2,1-2H3,(H2,8,12,13). The van der Waals surface area contributed by atoms with E-state index in [0.717, 1.165) is 0 Å². The highest BCUT2D eigenvalue weighted by molar-refractivity contribution is 7.89. The van der Waals surface area contributed by atoms with E-state index in [0.29, 0.717) is 6.54 Å². The number of hydrogen-bond acceptors (Lipinski definition) is 4. The van der Waals surface area contributed by atoms with Crippen molar-refractivity contribution in [3.63, 3.8) is 0 Å². The minimum Gasteiger partial charge on any atom is -0.345 e. The van der Waals surface area contributed by atoms with Crippen molar-refractivity contribution in [2.24, 2.45) is 5.14 Å². The Morgan fingerprint density at radius 1 is 1.50 bits per heavy atom. The summed E-state index contributed by atoms with van der Waals surface area (Å²) in [5.41, 5.74) is 0. The van der Waals surface area contributed by atoms with Crippen molar-refractivity contribution in [2.75, 3.05) is 32.4 Å². The first-order chi connectivity index (χ1) is 6.37. The molecule has 0 aliphatic heterocycles. The highest BCUT2D eigenvalue weighted by atomic mass is 32.2. The van der Waals surface area contributed by atoms with Crippen molar-refractivity contribution in [2.45, 2.75) is 6.92 Å². The van der Waals surface area contributed by atoms with Crippen LogP contribution >= 0.6 is 0 Å². The molecule has 0 spiro atoms. The van der Waals surface area contributed by atoms with Gasteiger partial charge >= 0.3 is 0 Å². The van der Waals surface area contributed by atoms with Gasteiger partial charge in [-0.1, -0.05) is 0 Å². The monoisotopic (exact) mass is 223 g/mol. The Morgan fingerprint density at radius 2 is 2.07 bits per heavy atom. The van der Waals surface area contributed by atoms with E-state index in [1.807, 2.05) is 6.92 Å². The van der Waals surface area contributed by atoms with Gasteiger partial charge in [-0.25, -0.2) is 13.6 Å². The molecule has 0 heterocycles. The van der Waals surface area contributed by atoms with Crippen molar-refractivity contribution in [1.29, 1.82) is 0 Å². The molecule has 0 aliphatic carbocycles. The maximum atomic E-state index is 11.2. The lowest BCUT2D eigenvalue weighted by Crippen LogP contribution is -2.37. The summed E-state index contributed by atoms with van der Waals surface area (Å²) in [6.07, 6.45) is 0. The van der Waals surface area contributed by atoms with E-state index in [4.69, 9.17) is 5.14 Å². The smallest absolute Gasteiger partial charge is 0.236 e. The molecule has 0 aromatic heterocycles. The second-order valence-electron chi connectivity index (χ2n) is 2.95. The highest BCUT2D eigenvalue weighted by Gasteiger charge is 2.06. The number of sulfonamides is 1. The number of amides is 1. The summed E-state index contributed by atoms with van der Waals surface area (Å²) in [4.78, 5) is 12.7. The normalized spacial score (nSPS) is 11.4. The van der Waals surface area contributed by atoms with Crippen LogP contribution in [0.1, 0.15) is 6.92 Å². The van der Waals surface area contributed by atoms with Gasteiger partial charge in [0.1, 0.15) is 0 Å². The third-order valence-corrected chi connectivity index (χ3v) is 2.51. The molecule has 3 N–H and O–H groups in total. The molecule has 14 heavy (non-hydrogen) atoms. The molecular formula is C7H17N3O3S. The fraction of sp³-hybridized carbons (Fsp3) is 0.857. The zero-order valence-electron chi connectivity index (χ0n) is 8.49. The molecule has 0 saturated heterocycles. The van der Waals surface area contributed by atoms with Crippen LogP contribution in [0.5, 0.6) is 0 Å². The predicted molar refractivity (Wildman–Crippen MR) is 54.2 cm³/mol. The van der Waals surface area contributed by atoms with Crippen LogP contribution in [0.2, 0.25) is 0 Å². The third kappa shape index (κ3) is 6.81. The van der Waals surface area contributed by atoms with Gasteiger partial charge in [0.15, 0.2) is 0 Å². The van der Waals surface area contributed by atoms with Crippen LogP contribution in [0.4, 0.5) is 0 Å². The van der Waals surface area contributed by atoms with Gasteiger partial charge in [-0.05, 0) is 6.92 Å². The summed E-state index contributed by atoms with van der Waals surface area (Å²) in [6.45, 7) is 2.83. The molecule has 84 valence electrons. The van der Waals surface area contributed by atoms with E-state index in [1.165, 1.54) is 0 Å².